The lowest BCUT2D eigenvalue weighted by Crippen LogP contribution is -2.42. The van der Waals surface area contributed by atoms with Gasteiger partial charge in [0.05, 0.1) is 10.7 Å². The normalized spacial score (nSPS) is 15.7. The second-order valence-corrected chi connectivity index (χ2v) is 6.60. The average Bonchev–Trinajstić information content (AvgIpc) is 2.96. The van der Waals surface area contributed by atoms with Crippen molar-refractivity contribution >= 4 is 29.1 Å². The van der Waals surface area contributed by atoms with Crippen LogP contribution in [0.1, 0.15) is 25.5 Å². The van der Waals surface area contributed by atoms with E-state index in [0.29, 0.717) is 31.1 Å². The van der Waals surface area contributed by atoms with Gasteiger partial charge in [0, 0.05) is 51.3 Å². The second kappa shape index (κ2) is 7.21. The number of pyridine rings is 1. The first kappa shape index (κ1) is 16.8. The molecular weight excluding hydrogens is 328 g/mol. The number of halogens is 1. The first-order chi connectivity index (χ1) is 11.5. The zero-order valence-corrected chi connectivity index (χ0v) is 14.4. The highest BCUT2D eigenvalue weighted by Crippen LogP contribution is 2.17. The van der Waals surface area contributed by atoms with Crippen molar-refractivity contribution in [2.75, 3.05) is 19.6 Å². The van der Waals surface area contributed by atoms with Crippen molar-refractivity contribution in [2.24, 2.45) is 5.92 Å². The van der Waals surface area contributed by atoms with Crippen LogP contribution in [0.25, 0.3) is 5.65 Å². The summed E-state index contributed by atoms with van der Waals surface area (Å²) in [5.74, 6) is 0.159. The largest absolute Gasteiger partial charge is 0.355 e. The van der Waals surface area contributed by atoms with Crippen LogP contribution in [0.3, 0.4) is 0 Å². The summed E-state index contributed by atoms with van der Waals surface area (Å²) >= 11 is 5.96. The first-order valence-corrected chi connectivity index (χ1v) is 8.57. The van der Waals surface area contributed by atoms with Gasteiger partial charge in [-0.2, -0.15) is 0 Å². The Kier molecular flexibility index (Phi) is 5.04. The molecule has 6 nitrogen and oxygen atoms in total. The Morgan fingerprint density at radius 2 is 2.04 bits per heavy atom. The number of carbonyl (C=O) groups excluding carboxylic acids is 2. The van der Waals surface area contributed by atoms with Gasteiger partial charge in [-0.25, -0.2) is 4.98 Å². The number of hydrogen-bond acceptors (Lipinski definition) is 3. The molecule has 1 saturated heterocycles. The van der Waals surface area contributed by atoms with Gasteiger partial charge in [0.2, 0.25) is 11.8 Å². The summed E-state index contributed by atoms with van der Waals surface area (Å²) in [7, 11) is 0. The van der Waals surface area contributed by atoms with Crippen LogP contribution in [-0.2, 0) is 16.0 Å². The zero-order chi connectivity index (χ0) is 17.1. The summed E-state index contributed by atoms with van der Waals surface area (Å²) in [5, 5.41) is 3.65. The van der Waals surface area contributed by atoms with Gasteiger partial charge in [0.25, 0.3) is 0 Å². The summed E-state index contributed by atoms with van der Waals surface area (Å²) in [6, 6.07) is 3.68. The molecule has 24 heavy (non-hydrogen) atoms. The fourth-order valence-electron chi connectivity index (χ4n) is 3.05. The Hall–Kier alpha value is -2.08. The van der Waals surface area contributed by atoms with Crippen LogP contribution in [0.4, 0.5) is 0 Å². The number of nitrogens with one attached hydrogen (secondary N) is 1. The topological polar surface area (TPSA) is 66.7 Å². The maximum Gasteiger partial charge on any atom is 0.223 e. The molecule has 0 atom stereocenters. The van der Waals surface area contributed by atoms with Gasteiger partial charge in [-0.3, -0.25) is 9.59 Å². The molecule has 0 saturated carbocycles. The molecule has 0 unspecified atom stereocenters. The fourth-order valence-corrected chi connectivity index (χ4v) is 3.22. The Morgan fingerprint density at radius 3 is 2.75 bits per heavy atom. The Bertz CT molecular complexity index is 750. The molecule has 1 aliphatic heterocycles. The second-order valence-electron chi connectivity index (χ2n) is 6.17. The van der Waals surface area contributed by atoms with E-state index in [4.69, 9.17) is 11.6 Å². The molecule has 0 aromatic carbocycles. The van der Waals surface area contributed by atoms with Crippen molar-refractivity contribution in [1.29, 1.82) is 0 Å². The fraction of sp³-hybridized carbons (Fsp3) is 0.471. The minimum absolute atomic E-state index is 0.000440. The zero-order valence-electron chi connectivity index (χ0n) is 13.7. The highest BCUT2D eigenvalue weighted by atomic mass is 35.5. The molecular formula is C17H21ClN4O2. The number of nitrogens with zero attached hydrogens (tertiary/aromatic N) is 3. The van der Waals surface area contributed by atoms with E-state index in [9.17, 15) is 9.59 Å². The highest BCUT2D eigenvalue weighted by molar-refractivity contribution is 6.30. The van der Waals surface area contributed by atoms with Gasteiger partial charge in [0.1, 0.15) is 5.65 Å². The monoisotopic (exact) mass is 348 g/mol. The van der Waals surface area contributed by atoms with E-state index in [-0.39, 0.29) is 17.7 Å². The van der Waals surface area contributed by atoms with Crippen molar-refractivity contribution in [3.05, 3.63) is 35.2 Å². The maximum absolute atomic E-state index is 12.2. The maximum atomic E-state index is 12.2. The van der Waals surface area contributed by atoms with Crippen molar-refractivity contribution in [3.8, 4) is 0 Å². The number of amides is 2. The van der Waals surface area contributed by atoms with Crippen molar-refractivity contribution in [1.82, 2.24) is 19.6 Å². The van der Waals surface area contributed by atoms with E-state index in [0.717, 1.165) is 24.2 Å². The number of imidazole rings is 1. The van der Waals surface area contributed by atoms with Gasteiger partial charge >= 0.3 is 0 Å². The minimum Gasteiger partial charge on any atom is -0.355 e. The van der Waals surface area contributed by atoms with Crippen LogP contribution in [0, 0.1) is 5.92 Å². The van der Waals surface area contributed by atoms with Crippen LogP contribution in [0.5, 0.6) is 0 Å². The third-order valence-corrected chi connectivity index (χ3v) is 4.68. The number of rotatable bonds is 4. The van der Waals surface area contributed by atoms with Crippen LogP contribution < -0.4 is 5.32 Å². The number of hydrogen-bond donors (Lipinski definition) is 1. The van der Waals surface area contributed by atoms with Gasteiger partial charge in [0.15, 0.2) is 0 Å². The molecule has 0 spiro atoms. The number of piperidine rings is 1. The third kappa shape index (κ3) is 3.87. The minimum atomic E-state index is 0.000440. The molecule has 2 aromatic heterocycles. The van der Waals surface area contributed by atoms with Gasteiger partial charge in [-0.15, -0.1) is 0 Å². The lowest BCUT2D eigenvalue weighted by molar-refractivity contribution is -0.133. The number of carbonyl (C=O) groups is 2. The molecule has 0 aliphatic carbocycles. The number of fused-ring (bicyclic) bond motifs is 1. The smallest absolute Gasteiger partial charge is 0.223 e. The molecule has 1 fully saturated rings. The lowest BCUT2D eigenvalue weighted by atomic mass is 9.96. The highest BCUT2D eigenvalue weighted by Gasteiger charge is 2.25. The SMILES string of the molecule is CC(=O)N1CCC(C(=O)NCCc2cn3cc(Cl)ccc3n2)CC1. The molecule has 2 amide bonds. The van der Waals surface area contributed by atoms with E-state index in [1.807, 2.05) is 28.9 Å². The van der Waals surface area contributed by atoms with E-state index in [1.54, 1.807) is 11.8 Å². The summed E-state index contributed by atoms with van der Waals surface area (Å²) in [6.07, 6.45) is 5.89. The molecule has 3 rings (SSSR count). The van der Waals surface area contributed by atoms with Crippen LogP contribution in [-0.4, -0.2) is 45.7 Å². The Morgan fingerprint density at radius 1 is 1.29 bits per heavy atom. The standard InChI is InChI=1S/C17H21ClN4O2/c1-12(23)21-8-5-13(6-9-21)17(24)19-7-4-15-11-22-10-14(18)2-3-16(22)20-15/h2-3,10-11,13H,4-9H2,1H3,(H,19,24). The molecule has 7 heteroatoms. The lowest BCUT2D eigenvalue weighted by Gasteiger charge is -2.30. The summed E-state index contributed by atoms with van der Waals surface area (Å²) in [4.78, 5) is 29.8. The first-order valence-electron chi connectivity index (χ1n) is 8.19. The Balaban J connectivity index is 1.47. The summed E-state index contributed by atoms with van der Waals surface area (Å²) in [5.41, 5.74) is 1.77. The number of aromatic nitrogens is 2. The molecule has 1 N–H and O–H groups in total. The van der Waals surface area contributed by atoms with Crippen molar-refractivity contribution < 1.29 is 9.59 Å². The third-order valence-electron chi connectivity index (χ3n) is 4.46. The van der Waals surface area contributed by atoms with Gasteiger partial charge in [-0.1, -0.05) is 11.6 Å². The van der Waals surface area contributed by atoms with Crippen molar-refractivity contribution in [3.63, 3.8) is 0 Å². The van der Waals surface area contributed by atoms with Gasteiger partial charge < -0.3 is 14.6 Å². The summed E-state index contributed by atoms with van der Waals surface area (Å²) < 4.78 is 1.89. The van der Waals surface area contributed by atoms with Crippen LogP contribution in [0.15, 0.2) is 24.5 Å². The molecule has 2 aromatic rings. The predicted molar refractivity (Wildman–Crippen MR) is 91.9 cm³/mol. The van der Waals surface area contributed by atoms with Crippen LogP contribution >= 0.6 is 11.6 Å². The van der Waals surface area contributed by atoms with E-state index >= 15 is 0 Å². The molecule has 1 aliphatic rings. The summed E-state index contributed by atoms with van der Waals surface area (Å²) in [6.45, 7) is 3.47. The Labute approximate surface area is 145 Å². The van der Waals surface area contributed by atoms with E-state index in [2.05, 4.69) is 10.3 Å². The van der Waals surface area contributed by atoms with Gasteiger partial charge in [-0.05, 0) is 25.0 Å². The quantitative estimate of drug-likeness (QED) is 0.917. The molecule has 0 bridgehead atoms. The van der Waals surface area contributed by atoms with E-state index < -0.39 is 0 Å². The molecule has 128 valence electrons. The van der Waals surface area contributed by atoms with Crippen molar-refractivity contribution in [2.45, 2.75) is 26.2 Å². The van der Waals surface area contributed by atoms with Crippen LogP contribution in [0.2, 0.25) is 5.02 Å². The number of likely N-dealkylation sites (tertiary alicyclic amines) is 1. The molecule has 0 radical (unpaired) electrons. The average molecular weight is 349 g/mol. The predicted octanol–water partition coefficient (Wildman–Crippen LogP) is 1.90. The molecule has 3 heterocycles. The van der Waals surface area contributed by atoms with E-state index in [1.165, 1.54) is 0 Å².